The second-order valence-electron chi connectivity index (χ2n) is 4.10. The number of nitrogens with two attached hydrogens (primary N) is 1. The molecule has 0 unspecified atom stereocenters. The molecule has 5 heteroatoms. The quantitative estimate of drug-likeness (QED) is 0.607. The summed E-state index contributed by atoms with van der Waals surface area (Å²) in [6.45, 7) is 4.28. The van der Waals surface area contributed by atoms with Crippen LogP contribution in [0.1, 0.15) is 6.42 Å². The minimum Gasteiger partial charge on any atom is -0.488 e. The fourth-order valence-electron chi connectivity index (χ4n) is 1.56. The van der Waals surface area contributed by atoms with Crippen LogP contribution in [-0.4, -0.2) is 46.6 Å². The standard InChI is InChI=1S/C14H22FNO3/c1-17-9-4-7-16-8-10-18-11-12-19-14-6-3-2-5-13(14)15/h2-3,5-6,16H,4,7-12H2,1H3/p+1. The van der Waals surface area contributed by atoms with E-state index in [1.54, 1.807) is 25.3 Å². The maximum Gasteiger partial charge on any atom is 0.165 e. The molecule has 0 aliphatic rings. The molecule has 1 aromatic rings. The molecule has 0 atom stereocenters. The Labute approximate surface area is 113 Å². The van der Waals surface area contributed by atoms with Crippen LogP contribution in [0.4, 0.5) is 4.39 Å². The first-order chi connectivity index (χ1) is 9.34. The number of quaternary nitrogens is 1. The molecule has 0 radical (unpaired) electrons. The lowest BCUT2D eigenvalue weighted by atomic mass is 10.3. The summed E-state index contributed by atoms with van der Waals surface area (Å²) >= 11 is 0. The lowest BCUT2D eigenvalue weighted by molar-refractivity contribution is -0.656. The lowest BCUT2D eigenvalue weighted by Gasteiger charge is -2.07. The van der Waals surface area contributed by atoms with Gasteiger partial charge in [-0.1, -0.05) is 12.1 Å². The molecule has 0 heterocycles. The highest BCUT2D eigenvalue weighted by atomic mass is 19.1. The Hall–Kier alpha value is -1.17. The minimum absolute atomic E-state index is 0.275. The summed E-state index contributed by atoms with van der Waals surface area (Å²) in [5, 5.41) is 2.19. The van der Waals surface area contributed by atoms with Gasteiger partial charge in [0, 0.05) is 13.5 Å². The predicted molar refractivity (Wildman–Crippen MR) is 70.9 cm³/mol. The molecule has 0 fully saturated rings. The Morgan fingerprint density at radius 1 is 1.05 bits per heavy atom. The second-order valence-corrected chi connectivity index (χ2v) is 4.10. The minimum atomic E-state index is -0.339. The molecule has 19 heavy (non-hydrogen) atoms. The van der Waals surface area contributed by atoms with Crippen molar-refractivity contribution in [1.29, 1.82) is 0 Å². The van der Waals surface area contributed by atoms with Crippen LogP contribution in [0.3, 0.4) is 0 Å². The highest BCUT2D eigenvalue weighted by Crippen LogP contribution is 2.14. The number of ether oxygens (including phenoxy) is 3. The number of methoxy groups -OCH3 is 1. The lowest BCUT2D eigenvalue weighted by Crippen LogP contribution is -2.85. The van der Waals surface area contributed by atoms with E-state index < -0.39 is 0 Å². The number of halogens is 1. The van der Waals surface area contributed by atoms with E-state index in [4.69, 9.17) is 14.2 Å². The highest BCUT2D eigenvalue weighted by Gasteiger charge is 2.00. The third kappa shape index (κ3) is 7.77. The van der Waals surface area contributed by atoms with E-state index in [9.17, 15) is 4.39 Å². The van der Waals surface area contributed by atoms with E-state index in [2.05, 4.69) is 5.32 Å². The van der Waals surface area contributed by atoms with Gasteiger partial charge < -0.3 is 19.5 Å². The van der Waals surface area contributed by atoms with Gasteiger partial charge in [-0.2, -0.15) is 0 Å². The Bertz CT molecular complexity index is 336. The van der Waals surface area contributed by atoms with Crippen molar-refractivity contribution < 1.29 is 23.9 Å². The molecule has 0 bridgehead atoms. The Morgan fingerprint density at radius 3 is 2.68 bits per heavy atom. The van der Waals surface area contributed by atoms with Gasteiger partial charge in [0.15, 0.2) is 11.6 Å². The fraction of sp³-hybridized carbons (Fsp3) is 0.571. The number of hydrogen-bond donors (Lipinski definition) is 1. The van der Waals surface area contributed by atoms with E-state index >= 15 is 0 Å². The van der Waals surface area contributed by atoms with E-state index in [-0.39, 0.29) is 11.6 Å². The SMILES string of the molecule is COCCC[NH2+]CCOCCOc1ccccc1F. The van der Waals surface area contributed by atoms with Gasteiger partial charge in [0.05, 0.1) is 32.9 Å². The van der Waals surface area contributed by atoms with Crippen LogP contribution in [0, 0.1) is 5.82 Å². The molecule has 1 aromatic carbocycles. The molecule has 0 aliphatic heterocycles. The summed E-state index contributed by atoms with van der Waals surface area (Å²) in [6, 6.07) is 6.37. The Kier molecular flexibility index (Phi) is 8.97. The molecule has 0 saturated heterocycles. The van der Waals surface area contributed by atoms with Gasteiger partial charge in [-0.05, 0) is 12.1 Å². The summed E-state index contributed by atoms with van der Waals surface area (Å²) in [5.74, 6) is -0.0637. The van der Waals surface area contributed by atoms with Crippen molar-refractivity contribution in [2.45, 2.75) is 6.42 Å². The molecule has 4 nitrogen and oxygen atoms in total. The third-order valence-electron chi connectivity index (χ3n) is 2.54. The van der Waals surface area contributed by atoms with Gasteiger partial charge in [-0.25, -0.2) is 4.39 Å². The van der Waals surface area contributed by atoms with Gasteiger partial charge in [-0.3, -0.25) is 0 Å². The van der Waals surface area contributed by atoms with Crippen LogP contribution in [0.2, 0.25) is 0 Å². The fourth-order valence-corrected chi connectivity index (χ4v) is 1.56. The zero-order valence-electron chi connectivity index (χ0n) is 11.4. The molecule has 0 amide bonds. The molecular weight excluding hydrogens is 249 g/mol. The summed E-state index contributed by atoms with van der Waals surface area (Å²) in [5.41, 5.74) is 0. The maximum absolute atomic E-state index is 13.2. The van der Waals surface area contributed by atoms with Crippen molar-refractivity contribution in [3.05, 3.63) is 30.1 Å². The molecular formula is C14H23FNO3+. The van der Waals surface area contributed by atoms with Crippen molar-refractivity contribution in [2.24, 2.45) is 0 Å². The maximum atomic E-state index is 13.2. The smallest absolute Gasteiger partial charge is 0.165 e. The van der Waals surface area contributed by atoms with Crippen LogP contribution < -0.4 is 10.1 Å². The van der Waals surface area contributed by atoms with Crippen molar-refractivity contribution in [3.8, 4) is 5.75 Å². The zero-order chi connectivity index (χ0) is 13.8. The molecule has 0 saturated carbocycles. The Morgan fingerprint density at radius 2 is 1.89 bits per heavy atom. The van der Waals surface area contributed by atoms with Crippen LogP contribution in [-0.2, 0) is 9.47 Å². The van der Waals surface area contributed by atoms with Crippen molar-refractivity contribution in [1.82, 2.24) is 0 Å². The summed E-state index contributed by atoms with van der Waals surface area (Å²) in [6.07, 6.45) is 1.05. The van der Waals surface area contributed by atoms with E-state index in [1.165, 1.54) is 6.07 Å². The topological polar surface area (TPSA) is 44.3 Å². The highest BCUT2D eigenvalue weighted by molar-refractivity contribution is 5.23. The average Bonchev–Trinajstić information content (AvgIpc) is 2.43. The van der Waals surface area contributed by atoms with Crippen LogP contribution >= 0.6 is 0 Å². The van der Waals surface area contributed by atoms with Crippen LogP contribution in [0.15, 0.2) is 24.3 Å². The number of hydrogen-bond acceptors (Lipinski definition) is 3. The summed E-state index contributed by atoms with van der Waals surface area (Å²) < 4.78 is 28.8. The van der Waals surface area contributed by atoms with E-state index in [0.717, 1.165) is 26.1 Å². The molecule has 2 N–H and O–H groups in total. The zero-order valence-corrected chi connectivity index (χ0v) is 11.4. The molecule has 0 aromatic heterocycles. The number of para-hydroxylation sites is 1. The van der Waals surface area contributed by atoms with Gasteiger partial charge in [0.1, 0.15) is 6.61 Å². The van der Waals surface area contributed by atoms with Crippen LogP contribution in [0.5, 0.6) is 5.75 Å². The molecule has 0 spiro atoms. The Balaban J connectivity index is 1.90. The first-order valence-electron chi connectivity index (χ1n) is 6.60. The second kappa shape index (κ2) is 10.7. The summed E-state index contributed by atoms with van der Waals surface area (Å²) in [7, 11) is 1.71. The van der Waals surface area contributed by atoms with Gasteiger partial charge in [0.2, 0.25) is 0 Å². The normalized spacial score (nSPS) is 10.6. The van der Waals surface area contributed by atoms with Crippen molar-refractivity contribution in [2.75, 3.05) is 46.6 Å². The monoisotopic (exact) mass is 272 g/mol. The molecule has 1 rings (SSSR count). The van der Waals surface area contributed by atoms with Gasteiger partial charge in [0.25, 0.3) is 0 Å². The average molecular weight is 272 g/mol. The molecule has 108 valence electrons. The van der Waals surface area contributed by atoms with Crippen molar-refractivity contribution in [3.63, 3.8) is 0 Å². The van der Waals surface area contributed by atoms with Crippen LogP contribution in [0.25, 0.3) is 0 Å². The van der Waals surface area contributed by atoms with Gasteiger partial charge >= 0.3 is 0 Å². The van der Waals surface area contributed by atoms with E-state index in [0.29, 0.717) is 19.8 Å². The number of rotatable bonds is 11. The first-order valence-corrected chi connectivity index (χ1v) is 6.60. The van der Waals surface area contributed by atoms with E-state index in [1.807, 2.05) is 0 Å². The summed E-state index contributed by atoms with van der Waals surface area (Å²) in [4.78, 5) is 0. The predicted octanol–water partition coefficient (Wildman–Crippen LogP) is 0.821. The van der Waals surface area contributed by atoms with Crippen molar-refractivity contribution >= 4 is 0 Å². The molecule has 0 aliphatic carbocycles. The van der Waals surface area contributed by atoms with Gasteiger partial charge in [-0.15, -0.1) is 0 Å². The third-order valence-corrected chi connectivity index (χ3v) is 2.54. The largest absolute Gasteiger partial charge is 0.488 e. The number of benzene rings is 1. The first kappa shape index (κ1) is 15.9.